The van der Waals surface area contributed by atoms with E-state index in [9.17, 15) is 14.4 Å². The molecule has 2 N–H and O–H groups in total. The molecule has 0 bridgehead atoms. The van der Waals surface area contributed by atoms with Gasteiger partial charge in [0.15, 0.2) is 0 Å². The molecule has 1 unspecified atom stereocenters. The van der Waals surface area contributed by atoms with Gasteiger partial charge in [-0.05, 0) is 48.4 Å². The molecule has 0 amide bonds. The van der Waals surface area contributed by atoms with E-state index in [2.05, 4.69) is 31.9 Å². The van der Waals surface area contributed by atoms with Crippen molar-refractivity contribution >= 4 is 72.6 Å². The average Bonchev–Trinajstić information content (AvgIpc) is 3.16. The fourth-order valence-corrected chi connectivity index (χ4v) is 5.56. The molecule has 2 heterocycles. The van der Waals surface area contributed by atoms with Gasteiger partial charge in [-0.3, -0.25) is 9.36 Å². The second-order valence-corrected chi connectivity index (χ2v) is 10.4. The normalized spacial score (nSPS) is 15.7. The van der Waals surface area contributed by atoms with Crippen LogP contribution < -0.4 is 20.5 Å². The zero-order valence-corrected chi connectivity index (χ0v) is 22.7. The van der Waals surface area contributed by atoms with Crippen LogP contribution in [0.3, 0.4) is 0 Å². The molecule has 0 aliphatic carbocycles. The number of ether oxygens (including phenoxy) is 2. The monoisotopic (exact) mass is 618 g/mol. The van der Waals surface area contributed by atoms with E-state index in [4.69, 9.17) is 15.2 Å². The van der Waals surface area contributed by atoms with Crippen LogP contribution in [0, 0.1) is 0 Å². The van der Waals surface area contributed by atoms with Gasteiger partial charge in [0, 0.05) is 8.95 Å². The number of nitrogens with two attached hydrogens (primary N) is 1. The van der Waals surface area contributed by atoms with Crippen LogP contribution in [0.5, 0.6) is 0 Å². The fourth-order valence-electron chi connectivity index (χ4n) is 3.86. The van der Waals surface area contributed by atoms with Gasteiger partial charge in [0.1, 0.15) is 10.5 Å². The molecule has 0 saturated carbocycles. The number of fused-ring (bicyclic) bond motifs is 1. The molecule has 0 fully saturated rings. The van der Waals surface area contributed by atoms with Crippen molar-refractivity contribution in [3.8, 4) is 0 Å². The second-order valence-electron chi connectivity index (χ2n) is 7.52. The predicted molar refractivity (Wildman–Crippen MR) is 142 cm³/mol. The van der Waals surface area contributed by atoms with Crippen LogP contribution >= 0.6 is 43.2 Å². The molecule has 3 aromatic rings. The lowest BCUT2D eigenvalue weighted by molar-refractivity contribution is -0.138. The molecule has 180 valence electrons. The Morgan fingerprint density at radius 2 is 1.63 bits per heavy atom. The molecule has 1 aliphatic rings. The van der Waals surface area contributed by atoms with Crippen LogP contribution in [0.15, 0.2) is 67.8 Å². The highest BCUT2D eigenvalue weighted by molar-refractivity contribution is 9.10. The van der Waals surface area contributed by atoms with E-state index < -0.39 is 23.4 Å². The van der Waals surface area contributed by atoms with Crippen molar-refractivity contribution in [1.29, 1.82) is 0 Å². The summed E-state index contributed by atoms with van der Waals surface area (Å²) in [5.74, 6) is -2.33. The minimum absolute atomic E-state index is 0.0113. The van der Waals surface area contributed by atoms with E-state index in [0.29, 0.717) is 14.8 Å². The minimum atomic E-state index is -0.881. The summed E-state index contributed by atoms with van der Waals surface area (Å²) in [5.41, 5.74) is 7.60. The van der Waals surface area contributed by atoms with Crippen LogP contribution in [0.2, 0.25) is 0 Å². The summed E-state index contributed by atoms with van der Waals surface area (Å²) in [6.07, 6.45) is 1.71. The summed E-state index contributed by atoms with van der Waals surface area (Å²) in [5, 5.41) is 0. The van der Waals surface area contributed by atoms with Gasteiger partial charge in [-0.15, -0.1) is 11.3 Å². The Labute approximate surface area is 221 Å². The highest BCUT2D eigenvalue weighted by Crippen LogP contribution is 2.38. The zero-order valence-electron chi connectivity index (χ0n) is 18.7. The summed E-state index contributed by atoms with van der Waals surface area (Å²) in [6, 6.07) is 14.6. The van der Waals surface area contributed by atoms with Crippen molar-refractivity contribution in [2.75, 3.05) is 13.7 Å². The van der Waals surface area contributed by atoms with Crippen molar-refractivity contribution in [3.63, 3.8) is 0 Å². The first-order chi connectivity index (χ1) is 16.8. The van der Waals surface area contributed by atoms with E-state index in [0.717, 1.165) is 25.8 Å². The lowest BCUT2D eigenvalue weighted by atomic mass is 9.83. The van der Waals surface area contributed by atoms with Gasteiger partial charge in [0.2, 0.25) is 0 Å². The first-order valence-corrected chi connectivity index (χ1v) is 12.9. The topological polar surface area (TPSA) is 101 Å². The van der Waals surface area contributed by atoms with Crippen molar-refractivity contribution in [2.45, 2.75) is 12.8 Å². The number of thiazole rings is 1. The quantitative estimate of drug-likeness (QED) is 0.441. The third-order valence-electron chi connectivity index (χ3n) is 5.42. The Morgan fingerprint density at radius 3 is 2.20 bits per heavy atom. The highest BCUT2D eigenvalue weighted by atomic mass is 79.9. The van der Waals surface area contributed by atoms with Crippen LogP contribution in [-0.4, -0.2) is 30.2 Å². The lowest BCUT2D eigenvalue weighted by Gasteiger charge is -2.26. The Kier molecular flexibility index (Phi) is 7.44. The average molecular weight is 620 g/mol. The molecule has 7 nitrogen and oxygen atoms in total. The summed E-state index contributed by atoms with van der Waals surface area (Å²) in [7, 11) is 1.25. The van der Waals surface area contributed by atoms with E-state index in [-0.39, 0.29) is 23.6 Å². The van der Waals surface area contributed by atoms with Crippen LogP contribution in [0.25, 0.3) is 17.5 Å². The third kappa shape index (κ3) is 4.78. The van der Waals surface area contributed by atoms with Gasteiger partial charge in [-0.2, -0.15) is 0 Å². The molecule has 1 atom stereocenters. The van der Waals surface area contributed by atoms with E-state index in [1.807, 2.05) is 24.3 Å². The standard InChI is InChI=1S/C25H20Br2N2O5S/c1-3-34-25(32)19-18(14-6-10-16(27)11-7-14)20(24(31)33-2)23-29(21(19)28)22(30)17(35-23)12-13-4-8-15(26)9-5-13/h4-12,18H,3,28H2,1-2H3/b17-12+. The summed E-state index contributed by atoms with van der Waals surface area (Å²) in [4.78, 5) is 39.7. The van der Waals surface area contributed by atoms with E-state index in [1.54, 1.807) is 37.3 Å². The first-order valence-electron chi connectivity index (χ1n) is 10.5. The summed E-state index contributed by atoms with van der Waals surface area (Å²) >= 11 is 7.92. The molecular weight excluding hydrogens is 600 g/mol. The van der Waals surface area contributed by atoms with Gasteiger partial charge in [0.05, 0.1) is 35.3 Å². The smallest absolute Gasteiger partial charge is 0.338 e. The minimum Gasteiger partial charge on any atom is -0.466 e. The van der Waals surface area contributed by atoms with Gasteiger partial charge in [-0.1, -0.05) is 56.1 Å². The SMILES string of the molecule is CCOC(=O)C1=C(N)n2c(s/c(=C/c3ccc(Br)cc3)c2=O)=C(C(=O)OC)C1c1ccc(Br)cc1. The summed E-state index contributed by atoms with van der Waals surface area (Å²) in [6.45, 7) is 1.77. The number of carbonyl (C=O) groups is 2. The van der Waals surface area contributed by atoms with Gasteiger partial charge in [-0.25, -0.2) is 9.59 Å². The van der Waals surface area contributed by atoms with Crippen molar-refractivity contribution in [1.82, 2.24) is 4.57 Å². The molecular formula is C25H20Br2N2O5S. The predicted octanol–water partition coefficient (Wildman–Crippen LogP) is 3.08. The lowest BCUT2D eigenvalue weighted by Crippen LogP contribution is -2.41. The third-order valence-corrected chi connectivity index (χ3v) is 7.59. The summed E-state index contributed by atoms with van der Waals surface area (Å²) < 4.78 is 14.0. The number of benzene rings is 2. The van der Waals surface area contributed by atoms with Crippen LogP contribution in [0.4, 0.5) is 0 Å². The Morgan fingerprint density at radius 1 is 1.03 bits per heavy atom. The molecule has 0 radical (unpaired) electrons. The Hall–Kier alpha value is -2.95. The molecule has 2 aromatic carbocycles. The number of hydrogen-bond acceptors (Lipinski definition) is 7. The number of esters is 2. The Balaban J connectivity index is 2.10. The number of halogens is 2. The maximum absolute atomic E-state index is 13.5. The molecule has 35 heavy (non-hydrogen) atoms. The number of carbonyl (C=O) groups excluding carboxylic acids is 2. The molecule has 10 heteroatoms. The first kappa shape index (κ1) is 25.2. The molecule has 1 aromatic heterocycles. The maximum Gasteiger partial charge on any atom is 0.338 e. The van der Waals surface area contributed by atoms with Crippen LogP contribution in [-0.2, 0) is 19.1 Å². The van der Waals surface area contributed by atoms with Gasteiger partial charge in [0.25, 0.3) is 5.56 Å². The number of methoxy groups -OCH3 is 1. The van der Waals surface area contributed by atoms with Crippen molar-refractivity contribution < 1.29 is 19.1 Å². The molecule has 0 spiro atoms. The maximum atomic E-state index is 13.5. The Bertz CT molecular complexity index is 1520. The fraction of sp³-hybridized carbons (Fsp3) is 0.160. The van der Waals surface area contributed by atoms with Gasteiger partial charge < -0.3 is 15.2 Å². The van der Waals surface area contributed by atoms with Crippen LogP contribution in [0.1, 0.15) is 24.0 Å². The number of aromatic nitrogens is 1. The molecule has 1 aliphatic heterocycles. The highest BCUT2D eigenvalue weighted by Gasteiger charge is 2.39. The largest absolute Gasteiger partial charge is 0.466 e. The number of nitrogens with zero attached hydrogens (tertiary/aromatic N) is 1. The van der Waals surface area contributed by atoms with Crippen molar-refractivity contribution in [2.24, 2.45) is 5.73 Å². The molecule has 4 rings (SSSR count). The second kappa shape index (κ2) is 10.3. The number of rotatable bonds is 5. The van der Waals surface area contributed by atoms with Crippen molar-refractivity contribution in [3.05, 3.63) is 93.7 Å². The number of hydrogen-bond donors (Lipinski definition) is 1. The van der Waals surface area contributed by atoms with Gasteiger partial charge >= 0.3 is 11.9 Å². The van der Waals surface area contributed by atoms with E-state index in [1.165, 1.54) is 11.7 Å². The molecule has 0 saturated heterocycles. The van der Waals surface area contributed by atoms with E-state index >= 15 is 0 Å². The zero-order chi connectivity index (χ0) is 25.3.